The van der Waals surface area contributed by atoms with Crippen LogP contribution < -0.4 is 0 Å². The fraction of sp³-hybridized carbons (Fsp3) is 0.353. The van der Waals surface area contributed by atoms with Crippen LogP contribution in [0.3, 0.4) is 0 Å². The molecular weight excluding hydrogens is 328 g/mol. The molecule has 1 aliphatic heterocycles. The minimum Gasteiger partial charge on any atom is -0.477 e. The van der Waals surface area contributed by atoms with Gasteiger partial charge < -0.3 is 14.7 Å². The maximum Gasteiger partial charge on any atom is 0.345 e. The molecular formula is C17H18N2O4S. The average Bonchev–Trinajstić information content (AvgIpc) is 3.26. The summed E-state index contributed by atoms with van der Waals surface area (Å²) in [6, 6.07) is 5.17. The number of rotatable bonds is 6. The first kappa shape index (κ1) is 16.6. The van der Waals surface area contributed by atoms with Crippen molar-refractivity contribution in [1.82, 2.24) is 9.88 Å². The molecule has 1 fully saturated rings. The maximum atomic E-state index is 12.8. The van der Waals surface area contributed by atoms with Crippen molar-refractivity contribution in [2.24, 2.45) is 0 Å². The number of carboxylic acids is 1. The molecule has 0 spiro atoms. The predicted octanol–water partition coefficient (Wildman–Crippen LogP) is 2.66. The zero-order chi connectivity index (χ0) is 16.9. The minimum absolute atomic E-state index is 0.0355. The summed E-state index contributed by atoms with van der Waals surface area (Å²) in [6.07, 6.45) is 5.36. The normalized spacial score (nSPS) is 16.9. The van der Waals surface area contributed by atoms with Crippen molar-refractivity contribution in [3.63, 3.8) is 0 Å². The van der Waals surface area contributed by atoms with E-state index in [1.54, 1.807) is 22.7 Å². The van der Waals surface area contributed by atoms with Gasteiger partial charge in [-0.25, -0.2) is 4.79 Å². The molecule has 24 heavy (non-hydrogen) atoms. The van der Waals surface area contributed by atoms with E-state index in [0.717, 1.165) is 36.3 Å². The molecule has 3 heterocycles. The molecule has 1 N–H and O–H groups in total. The minimum atomic E-state index is -1.01. The zero-order valence-corrected chi connectivity index (χ0v) is 13.9. The van der Waals surface area contributed by atoms with Crippen LogP contribution in [0.25, 0.3) is 0 Å². The first-order valence-corrected chi connectivity index (χ1v) is 8.63. The summed E-state index contributed by atoms with van der Waals surface area (Å²) < 4.78 is 5.65. The van der Waals surface area contributed by atoms with Crippen LogP contribution >= 0.6 is 11.3 Å². The molecule has 126 valence electrons. The number of hydrogen-bond donors (Lipinski definition) is 1. The Morgan fingerprint density at radius 3 is 2.79 bits per heavy atom. The summed E-state index contributed by atoms with van der Waals surface area (Å²) in [6.45, 7) is 1.67. The molecule has 0 aliphatic carbocycles. The van der Waals surface area contributed by atoms with E-state index >= 15 is 0 Å². The Labute approximate surface area is 143 Å². The molecule has 0 bridgehead atoms. The van der Waals surface area contributed by atoms with Crippen molar-refractivity contribution in [1.29, 1.82) is 0 Å². The summed E-state index contributed by atoms with van der Waals surface area (Å²) in [7, 11) is 0. The van der Waals surface area contributed by atoms with E-state index in [0.29, 0.717) is 18.7 Å². The van der Waals surface area contributed by atoms with E-state index < -0.39 is 5.97 Å². The number of carbonyl (C=O) groups excluding carboxylic acids is 1. The third kappa shape index (κ3) is 3.98. The lowest BCUT2D eigenvalue weighted by atomic mass is 10.1. The Kier molecular flexibility index (Phi) is 5.22. The molecule has 1 saturated heterocycles. The van der Waals surface area contributed by atoms with E-state index in [2.05, 4.69) is 4.98 Å². The van der Waals surface area contributed by atoms with Crippen molar-refractivity contribution < 1.29 is 19.4 Å². The number of thiophene rings is 1. The highest BCUT2D eigenvalue weighted by molar-refractivity contribution is 7.12. The largest absolute Gasteiger partial charge is 0.477 e. The van der Waals surface area contributed by atoms with Crippen molar-refractivity contribution >= 4 is 23.2 Å². The number of aromatic carboxylic acids is 1. The Hall–Kier alpha value is -2.25. The number of carbonyl (C=O) groups is 2. The standard InChI is InChI=1S/C17H18N2O4S/c20-16(13-8-15(17(21)22)24-11-13)19(10-14-2-1-7-23-14)9-12-3-5-18-6-4-12/h3-6,8,11,14H,1-2,7,9-10H2,(H,21,22). The Morgan fingerprint density at radius 2 is 2.17 bits per heavy atom. The van der Waals surface area contributed by atoms with E-state index in [1.165, 1.54) is 6.07 Å². The van der Waals surface area contributed by atoms with E-state index in [4.69, 9.17) is 9.84 Å². The molecule has 2 aromatic rings. The van der Waals surface area contributed by atoms with E-state index in [1.807, 2.05) is 12.1 Å². The van der Waals surface area contributed by atoms with Crippen molar-refractivity contribution in [3.05, 3.63) is 52.0 Å². The highest BCUT2D eigenvalue weighted by Gasteiger charge is 2.24. The molecule has 0 saturated carbocycles. The molecule has 1 aliphatic rings. The van der Waals surface area contributed by atoms with Gasteiger partial charge in [0, 0.05) is 37.5 Å². The number of ether oxygens (including phenoxy) is 1. The average molecular weight is 346 g/mol. The Morgan fingerprint density at radius 1 is 1.38 bits per heavy atom. The van der Waals surface area contributed by atoms with Gasteiger partial charge in [0.25, 0.3) is 5.91 Å². The van der Waals surface area contributed by atoms with Gasteiger partial charge in [-0.3, -0.25) is 9.78 Å². The second kappa shape index (κ2) is 7.55. The van der Waals surface area contributed by atoms with Gasteiger partial charge in [0.1, 0.15) is 4.88 Å². The lowest BCUT2D eigenvalue weighted by molar-refractivity contribution is 0.0507. The van der Waals surface area contributed by atoms with Crippen LogP contribution in [-0.2, 0) is 11.3 Å². The highest BCUT2D eigenvalue weighted by Crippen LogP contribution is 2.20. The molecule has 1 atom stereocenters. The van der Waals surface area contributed by atoms with Crippen LogP contribution in [0.1, 0.15) is 38.4 Å². The molecule has 1 unspecified atom stereocenters. The summed E-state index contributed by atoms with van der Waals surface area (Å²) in [5.41, 5.74) is 1.38. The zero-order valence-electron chi connectivity index (χ0n) is 13.1. The van der Waals surface area contributed by atoms with Gasteiger partial charge in [-0.05, 0) is 36.6 Å². The molecule has 6 nitrogen and oxygen atoms in total. The number of amides is 1. The second-order valence-corrected chi connectivity index (χ2v) is 6.59. The number of pyridine rings is 1. The molecule has 1 amide bonds. The fourth-order valence-electron chi connectivity index (χ4n) is 2.71. The summed E-state index contributed by atoms with van der Waals surface area (Å²) >= 11 is 1.06. The lowest BCUT2D eigenvalue weighted by Crippen LogP contribution is -2.36. The molecule has 0 radical (unpaired) electrons. The van der Waals surface area contributed by atoms with Crippen molar-refractivity contribution in [3.8, 4) is 0 Å². The van der Waals surface area contributed by atoms with Crippen LogP contribution in [0.4, 0.5) is 0 Å². The molecule has 2 aromatic heterocycles. The highest BCUT2D eigenvalue weighted by atomic mass is 32.1. The molecule has 0 aromatic carbocycles. The van der Waals surface area contributed by atoms with Crippen LogP contribution in [-0.4, -0.2) is 46.1 Å². The van der Waals surface area contributed by atoms with Crippen LogP contribution in [0.15, 0.2) is 36.0 Å². The van der Waals surface area contributed by atoms with Crippen LogP contribution in [0.5, 0.6) is 0 Å². The van der Waals surface area contributed by atoms with E-state index in [9.17, 15) is 9.59 Å². The van der Waals surface area contributed by atoms with Gasteiger partial charge in [0.15, 0.2) is 0 Å². The topological polar surface area (TPSA) is 79.7 Å². The Bertz CT molecular complexity index is 710. The first-order valence-electron chi connectivity index (χ1n) is 7.75. The van der Waals surface area contributed by atoms with Gasteiger partial charge in [0.05, 0.1) is 11.7 Å². The monoisotopic (exact) mass is 346 g/mol. The van der Waals surface area contributed by atoms with Crippen LogP contribution in [0, 0.1) is 0 Å². The van der Waals surface area contributed by atoms with Gasteiger partial charge in [0.2, 0.25) is 0 Å². The summed E-state index contributed by atoms with van der Waals surface area (Å²) in [5.74, 6) is -1.19. The van der Waals surface area contributed by atoms with Crippen LogP contribution in [0.2, 0.25) is 0 Å². The SMILES string of the molecule is O=C(O)c1cc(C(=O)N(Cc2ccncc2)CC2CCCO2)cs1. The van der Waals surface area contributed by atoms with E-state index in [-0.39, 0.29) is 16.9 Å². The van der Waals surface area contributed by atoms with Gasteiger partial charge in [-0.15, -0.1) is 11.3 Å². The number of carboxylic acid groups (broad SMARTS) is 1. The predicted molar refractivity (Wildman–Crippen MR) is 89.2 cm³/mol. The second-order valence-electron chi connectivity index (χ2n) is 5.68. The summed E-state index contributed by atoms with van der Waals surface area (Å²) in [5, 5.41) is 10.6. The third-order valence-electron chi connectivity index (χ3n) is 3.92. The number of nitrogens with zero attached hydrogens (tertiary/aromatic N) is 2. The first-order chi connectivity index (χ1) is 11.6. The molecule has 7 heteroatoms. The Balaban J connectivity index is 1.78. The lowest BCUT2D eigenvalue weighted by Gasteiger charge is -2.25. The maximum absolute atomic E-state index is 12.8. The smallest absolute Gasteiger partial charge is 0.345 e. The number of hydrogen-bond acceptors (Lipinski definition) is 5. The van der Waals surface area contributed by atoms with Crippen molar-refractivity contribution in [2.45, 2.75) is 25.5 Å². The fourth-order valence-corrected chi connectivity index (χ4v) is 3.42. The van der Waals surface area contributed by atoms with Gasteiger partial charge >= 0.3 is 5.97 Å². The molecule has 3 rings (SSSR count). The van der Waals surface area contributed by atoms with Gasteiger partial charge in [-0.2, -0.15) is 0 Å². The summed E-state index contributed by atoms with van der Waals surface area (Å²) in [4.78, 5) is 29.8. The quantitative estimate of drug-likeness (QED) is 0.870. The van der Waals surface area contributed by atoms with Gasteiger partial charge in [-0.1, -0.05) is 0 Å². The third-order valence-corrected chi connectivity index (χ3v) is 4.83. The van der Waals surface area contributed by atoms with Crippen molar-refractivity contribution in [2.75, 3.05) is 13.2 Å². The number of aromatic nitrogens is 1.